The summed E-state index contributed by atoms with van der Waals surface area (Å²) in [5, 5.41) is 9.06. The number of nitrogens with zero attached hydrogens (tertiary/aromatic N) is 3. The maximum atomic E-state index is 14.7. The first kappa shape index (κ1) is 23.4. The van der Waals surface area contributed by atoms with Crippen molar-refractivity contribution in [2.24, 2.45) is 0 Å². The number of halogens is 2. The van der Waals surface area contributed by atoms with Crippen LogP contribution in [0.3, 0.4) is 0 Å². The van der Waals surface area contributed by atoms with E-state index in [1.807, 2.05) is 18.4 Å². The summed E-state index contributed by atoms with van der Waals surface area (Å²) in [4.78, 5) is 35.0. The number of hydrogen-bond acceptors (Lipinski definition) is 6. The van der Waals surface area contributed by atoms with E-state index < -0.39 is 23.4 Å². The van der Waals surface area contributed by atoms with Crippen molar-refractivity contribution in [3.05, 3.63) is 81.5 Å². The predicted molar refractivity (Wildman–Crippen MR) is 132 cm³/mol. The number of rotatable bonds is 5. The quantitative estimate of drug-likeness (QED) is 0.376. The van der Waals surface area contributed by atoms with E-state index >= 15 is 0 Å². The summed E-state index contributed by atoms with van der Waals surface area (Å²) >= 11 is 1.42. The lowest BCUT2D eigenvalue weighted by Crippen LogP contribution is -2.43. The Morgan fingerprint density at radius 2 is 1.94 bits per heavy atom. The fourth-order valence-corrected chi connectivity index (χ4v) is 4.55. The first-order valence-corrected chi connectivity index (χ1v) is 11.7. The average molecular weight is 508 g/mol. The van der Waals surface area contributed by atoms with Gasteiger partial charge in [-0.05, 0) is 48.2 Å². The molecule has 0 aliphatic carbocycles. The predicted octanol–water partition coefficient (Wildman–Crippen LogP) is 5.41. The molecule has 2 aromatic carbocycles. The lowest BCUT2D eigenvalue weighted by atomic mass is 9.99. The van der Waals surface area contributed by atoms with E-state index in [2.05, 4.69) is 20.6 Å². The number of aryl methyl sites for hydroxylation is 1. The second kappa shape index (κ2) is 9.34. The fraction of sp³-hybridized carbons (Fsp3) is 0.120. The molecule has 0 saturated carbocycles. The van der Waals surface area contributed by atoms with Crippen molar-refractivity contribution in [1.29, 1.82) is 0 Å². The molecule has 8 nitrogen and oxygen atoms in total. The highest BCUT2D eigenvalue weighted by Gasteiger charge is 2.34. The lowest BCUT2D eigenvalue weighted by Gasteiger charge is -2.30. The third-order valence-electron chi connectivity index (χ3n) is 5.67. The summed E-state index contributed by atoms with van der Waals surface area (Å²) < 4.78 is 34.6. The molecular formula is C25H19F2N5O3S. The van der Waals surface area contributed by atoms with Gasteiger partial charge in [-0.1, -0.05) is 12.1 Å². The van der Waals surface area contributed by atoms with Gasteiger partial charge in [0.15, 0.2) is 5.82 Å². The zero-order valence-corrected chi connectivity index (χ0v) is 20.0. The fourth-order valence-electron chi connectivity index (χ4n) is 3.92. The number of hydrogen-bond donors (Lipinski definition) is 2. The van der Waals surface area contributed by atoms with Gasteiger partial charge in [0.05, 0.1) is 24.9 Å². The van der Waals surface area contributed by atoms with E-state index in [9.17, 15) is 18.4 Å². The molecule has 1 aliphatic heterocycles. The summed E-state index contributed by atoms with van der Waals surface area (Å²) in [6.45, 7) is 1.88. The van der Waals surface area contributed by atoms with E-state index in [1.54, 1.807) is 23.6 Å². The summed E-state index contributed by atoms with van der Waals surface area (Å²) in [5.41, 5.74) is 2.76. The number of benzene rings is 2. The van der Waals surface area contributed by atoms with E-state index in [4.69, 9.17) is 4.74 Å². The topological polar surface area (TPSA) is 96.4 Å². The summed E-state index contributed by atoms with van der Waals surface area (Å²) in [7, 11) is 1.35. The van der Waals surface area contributed by atoms with Crippen LogP contribution in [0.25, 0.3) is 11.3 Å². The van der Waals surface area contributed by atoms with Crippen LogP contribution in [0.15, 0.2) is 53.2 Å². The molecule has 0 unspecified atom stereocenters. The molecule has 0 atom stereocenters. The summed E-state index contributed by atoms with van der Waals surface area (Å²) in [6.07, 6.45) is 0. The number of nitrogens with one attached hydrogen (secondary N) is 2. The molecule has 2 aromatic heterocycles. The number of aromatic nitrogens is 2. The van der Waals surface area contributed by atoms with E-state index in [1.165, 1.54) is 24.5 Å². The Kier molecular flexibility index (Phi) is 6.06. The third-order valence-corrected chi connectivity index (χ3v) is 6.36. The molecule has 36 heavy (non-hydrogen) atoms. The SMILES string of the molecule is COc1nc(-c2cc(NC(=O)c3ccsc3)ccc2C)c2c(n1)N(c1c(F)cccc1F)C(=O)NC2. The van der Waals surface area contributed by atoms with Crippen LogP contribution in [-0.2, 0) is 6.54 Å². The number of carbonyl (C=O) groups excluding carboxylic acids is 2. The minimum absolute atomic E-state index is 0.00304. The maximum absolute atomic E-state index is 14.7. The highest BCUT2D eigenvalue weighted by Crippen LogP contribution is 2.39. The summed E-state index contributed by atoms with van der Waals surface area (Å²) in [6, 6.07) is 9.53. The molecule has 11 heteroatoms. The number of anilines is 3. The molecule has 1 aliphatic rings. The van der Waals surface area contributed by atoms with Crippen molar-refractivity contribution in [2.75, 3.05) is 17.3 Å². The van der Waals surface area contributed by atoms with Crippen LogP contribution < -0.4 is 20.3 Å². The third kappa shape index (κ3) is 4.13. The molecule has 0 spiro atoms. The van der Waals surface area contributed by atoms with Crippen LogP contribution in [0.5, 0.6) is 6.01 Å². The molecule has 0 bridgehead atoms. The monoisotopic (exact) mass is 507 g/mol. The molecule has 182 valence electrons. The number of methoxy groups -OCH3 is 1. The van der Waals surface area contributed by atoms with Crippen molar-refractivity contribution in [1.82, 2.24) is 15.3 Å². The van der Waals surface area contributed by atoms with Crippen LogP contribution in [0, 0.1) is 18.6 Å². The first-order valence-electron chi connectivity index (χ1n) is 10.8. The standard InChI is InChI=1S/C25H19F2N5O3S/c1-13-6-7-15(29-23(33)14-8-9-36-12-14)10-16(13)20-17-11-28-25(34)32(22(17)31-24(30-20)35-2)21-18(26)4-3-5-19(21)27/h3-10,12H,11H2,1-2H3,(H,28,34)(H,29,33). The van der Waals surface area contributed by atoms with E-state index in [0.717, 1.165) is 22.6 Å². The van der Waals surface area contributed by atoms with Gasteiger partial charge in [-0.15, -0.1) is 0 Å². The Balaban J connectivity index is 1.65. The van der Waals surface area contributed by atoms with Gasteiger partial charge >= 0.3 is 12.0 Å². The summed E-state index contributed by atoms with van der Waals surface area (Å²) in [5.74, 6) is -2.11. The minimum atomic E-state index is -0.925. The molecular weight excluding hydrogens is 488 g/mol. The Morgan fingerprint density at radius 1 is 1.17 bits per heavy atom. The number of fused-ring (bicyclic) bond motifs is 1. The highest BCUT2D eigenvalue weighted by molar-refractivity contribution is 7.08. The number of thiophene rings is 1. The second-order valence-corrected chi connectivity index (χ2v) is 8.70. The number of urea groups is 1. The average Bonchev–Trinajstić information content (AvgIpc) is 3.41. The molecule has 3 heterocycles. The van der Waals surface area contributed by atoms with Gasteiger partial charge in [-0.2, -0.15) is 21.3 Å². The van der Waals surface area contributed by atoms with E-state index in [-0.39, 0.29) is 24.3 Å². The normalized spacial score (nSPS) is 12.7. The minimum Gasteiger partial charge on any atom is -0.467 e. The second-order valence-electron chi connectivity index (χ2n) is 7.92. The molecule has 2 N–H and O–H groups in total. The number of para-hydroxylation sites is 1. The van der Waals surface area contributed by atoms with Gasteiger partial charge in [0.1, 0.15) is 17.3 Å². The van der Waals surface area contributed by atoms with Crippen molar-refractivity contribution in [3.8, 4) is 17.3 Å². The molecule has 0 fully saturated rings. The van der Waals surface area contributed by atoms with Gasteiger partial charge in [0, 0.05) is 22.2 Å². The maximum Gasteiger partial charge on any atom is 0.328 e. The Morgan fingerprint density at radius 3 is 2.64 bits per heavy atom. The number of amides is 3. The molecule has 3 amide bonds. The highest BCUT2D eigenvalue weighted by atomic mass is 32.1. The van der Waals surface area contributed by atoms with Gasteiger partial charge in [-0.25, -0.2) is 18.5 Å². The van der Waals surface area contributed by atoms with Gasteiger partial charge in [0.2, 0.25) is 0 Å². The Labute approximate surface area is 208 Å². The van der Waals surface area contributed by atoms with Crippen LogP contribution >= 0.6 is 11.3 Å². The lowest BCUT2D eigenvalue weighted by molar-refractivity contribution is 0.102. The molecule has 4 aromatic rings. The largest absolute Gasteiger partial charge is 0.467 e. The van der Waals surface area contributed by atoms with Crippen LogP contribution in [0.1, 0.15) is 21.5 Å². The van der Waals surface area contributed by atoms with Gasteiger partial charge in [-0.3, -0.25) is 4.79 Å². The number of ether oxygens (including phenoxy) is 1. The van der Waals surface area contributed by atoms with Gasteiger partial charge < -0.3 is 15.4 Å². The Hall–Kier alpha value is -4.38. The van der Waals surface area contributed by atoms with Crippen molar-refractivity contribution in [3.63, 3.8) is 0 Å². The zero-order valence-electron chi connectivity index (χ0n) is 19.1. The smallest absolute Gasteiger partial charge is 0.328 e. The van der Waals surface area contributed by atoms with Crippen molar-refractivity contribution in [2.45, 2.75) is 13.5 Å². The first-order chi connectivity index (χ1) is 17.4. The molecule has 0 radical (unpaired) electrons. The molecule has 5 rings (SSSR count). The van der Waals surface area contributed by atoms with Crippen LogP contribution in [0.2, 0.25) is 0 Å². The van der Waals surface area contributed by atoms with Crippen molar-refractivity contribution >= 4 is 40.5 Å². The molecule has 0 saturated heterocycles. The van der Waals surface area contributed by atoms with E-state index in [0.29, 0.717) is 28.1 Å². The van der Waals surface area contributed by atoms with Crippen LogP contribution in [-0.4, -0.2) is 29.0 Å². The Bertz CT molecular complexity index is 1470. The van der Waals surface area contributed by atoms with Gasteiger partial charge in [0.25, 0.3) is 5.91 Å². The van der Waals surface area contributed by atoms with Crippen molar-refractivity contribution < 1.29 is 23.1 Å². The van der Waals surface area contributed by atoms with Crippen LogP contribution in [0.4, 0.5) is 30.8 Å². The number of carbonyl (C=O) groups is 2. The zero-order chi connectivity index (χ0) is 25.4.